The molecule has 0 fully saturated rings. The van der Waals surface area contributed by atoms with Gasteiger partial charge in [-0.05, 0) is 60.1 Å². The maximum absolute atomic E-state index is 14.5. The third kappa shape index (κ3) is 4.19. The van der Waals surface area contributed by atoms with Gasteiger partial charge in [0.1, 0.15) is 0 Å². The molecule has 4 rings (SSSR count). The van der Waals surface area contributed by atoms with E-state index in [9.17, 15) is 14.4 Å². The van der Waals surface area contributed by atoms with Gasteiger partial charge in [-0.2, -0.15) is 0 Å². The van der Waals surface area contributed by atoms with Crippen LogP contribution in [-0.2, 0) is 24.5 Å². The summed E-state index contributed by atoms with van der Waals surface area (Å²) in [7, 11) is 0. The van der Waals surface area contributed by atoms with Crippen molar-refractivity contribution in [3.63, 3.8) is 0 Å². The molecule has 1 aliphatic carbocycles. The molecule has 0 radical (unpaired) electrons. The lowest BCUT2D eigenvalue weighted by Crippen LogP contribution is -2.49. The number of ether oxygens (including phenoxy) is 1. The van der Waals surface area contributed by atoms with Gasteiger partial charge < -0.3 is 4.74 Å². The summed E-state index contributed by atoms with van der Waals surface area (Å²) in [5.41, 5.74) is 0.853. The third-order valence-corrected chi connectivity index (χ3v) is 7.25. The van der Waals surface area contributed by atoms with Gasteiger partial charge in [0, 0.05) is 28.5 Å². The highest BCUT2D eigenvalue weighted by Crippen LogP contribution is 2.62. The van der Waals surface area contributed by atoms with Crippen LogP contribution in [0.5, 0.6) is 0 Å². The number of esters is 1. The predicted molar refractivity (Wildman–Crippen MR) is 138 cm³/mol. The number of nitrogens with zero attached hydrogens (tertiary/aromatic N) is 1. The molecular weight excluding hydrogens is 485 g/mol. The number of fused-ring (bicyclic) bond motifs is 2. The summed E-state index contributed by atoms with van der Waals surface area (Å²) in [6.45, 7) is 9.60. The number of halogens is 2. The molecule has 184 valence electrons. The fraction of sp³-hybridized carbons (Fsp3) is 0.393. The lowest BCUT2D eigenvalue weighted by Gasteiger charge is -2.39. The summed E-state index contributed by atoms with van der Waals surface area (Å²) in [5, 5.41) is 0.911. The Morgan fingerprint density at radius 2 is 1.77 bits per heavy atom. The Morgan fingerprint density at radius 1 is 1.09 bits per heavy atom. The summed E-state index contributed by atoms with van der Waals surface area (Å²) in [4.78, 5) is 41.8. The van der Waals surface area contributed by atoms with E-state index in [1.165, 1.54) is 11.8 Å². The first-order chi connectivity index (χ1) is 16.4. The summed E-state index contributed by atoms with van der Waals surface area (Å²) < 4.78 is 5.45. The van der Waals surface area contributed by atoms with Gasteiger partial charge >= 0.3 is 5.97 Å². The fourth-order valence-corrected chi connectivity index (χ4v) is 6.08. The first-order valence-electron chi connectivity index (χ1n) is 11.7. The number of anilines is 1. The molecule has 0 unspecified atom stereocenters. The van der Waals surface area contributed by atoms with Crippen molar-refractivity contribution in [2.45, 2.75) is 52.4 Å². The molecule has 1 aliphatic heterocycles. The van der Waals surface area contributed by atoms with E-state index in [4.69, 9.17) is 27.9 Å². The van der Waals surface area contributed by atoms with Crippen LogP contribution in [0, 0.1) is 11.3 Å². The van der Waals surface area contributed by atoms with Crippen LogP contribution in [-0.4, -0.2) is 24.4 Å². The van der Waals surface area contributed by atoms with Crippen molar-refractivity contribution in [3.05, 3.63) is 75.3 Å². The maximum atomic E-state index is 14.5. The molecule has 2 aliphatic rings. The van der Waals surface area contributed by atoms with Crippen molar-refractivity contribution in [1.29, 1.82) is 0 Å². The smallest absolute Gasteiger partial charge is 0.334 e. The largest absolute Gasteiger partial charge is 0.463 e. The van der Waals surface area contributed by atoms with Crippen LogP contribution in [0.15, 0.2) is 54.1 Å². The highest BCUT2D eigenvalue weighted by molar-refractivity contribution is 6.32. The Hall–Kier alpha value is -2.63. The molecule has 1 spiro atoms. The molecule has 35 heavy (non-hydrogen) atoms. The third-order valence-electron chi connectivity index (χ3n) is 6.78. The van der Waals surface area contributed by atoms with Crippen molar-refractivity contribution < 1.29 is 19.1 Å². The van der Waals surface area contributed by atoms with Crippen molar-refractivity contribution in [2.24, 2.45) is 11.3 Å². The maximum Gasteiger partial charge on any atom is 0.334 e. The van der Waals surface area contributed by atoms with E-state index in [-0.39, 0.29) is 23.8 Å². The normalized spacial score (nSPS) is 23.5. The first kappa shape index (κ1) is 25.5. The Bertz CT molecular complexity index is 1250. The average Bonchev–Trinajstić information content (AvgIpc) is 3.20. The fourth-order valence-electron chi connectivity index (χ4n) is 5.71. The van der Waals surface area contributed by atoms with Crippen molar-refractivity contribution >= 4 is 46.7 Å². The molecule has 0 saturated carbocycles. The highest BCUT2D eigenvalue weighted by atomic mass is 35.5. The molecule has 0 N–H and O–H groups in total. The Kier molecular flexibility index (Phi) is 6.62. The van der Waals surface area contributed by atoms with Crippen molar-refractivity contribution in [2.75, 3.05) is 11.5 Å². The van der Waals surface area contributed by atoms with Gasteiger partial charge in [0.05, 0.1) is 17.7 Å². The van der Waals surface area contributed by atoms with E-state index < -0.39 is 23.2 Å². The number of carbonyl (C=O) groups excluding carboxylic acids is 3. The number of allylic oxidation sites excluding steroid dienone is 1. The molecule has 0 aromatic heterocycles. The van der Waals surface area contributed by atoms with E-state index in [0.29, 0.717) is 38.9 Å². The molecule has 0 bridgehead atoms. The van der Waals surface area contributed by atoms with Crippen LogP contribution in [0.1, 0.15) is 58.1 Å². The first-order valence-corrected chi connectivity index (χ1v) is 12.5. The zero-order chi connectivity index (χ0) is 25.7. The van der Waals surface area contributed by atoms with E-state index in [1.807, 2.05) is 18.2 Å². The highest BCUT2D eigenvalue weighted by Gasteiger charge is 2.65. The molecular formula is C28H29Cl2NO4. The molecule has 7 heteroatoms. The van der Waals surface area contributed by atoms with Gasteiger partial charge in [-0.15, -0.1) is 0 Å². The second-order valence-corrected chi connectivity index (χ2v) is 11.3. The zero-order valence-electron chi connectivity index (χ0n) is 20.5. The minimum absolute atomic E-state index is 0.173. The number of rotatable bonds is 4. The molecule has 2 aromatic rings. The second-order valence-electron chi connectivity index (χ2n) is 10.4. The number of amides is 2. The number of hydrogen-bond acceptors (Lipinski definition) is 4. The Labute approximate surface area is 216 Å². The predicted octanol–water partition coefficient (Wildman–Crippen LogP) is 6.46. The van der Waals surface area contributed by atoms with Gasteiger partial charge in [0.2, 0.25) is 11.8 Å². The van der Waals surface area contributed by atoms with Crippen LogP contribution < -0.4 is 4.90 Å². The van der Waals surface area contributed by atoms with Gasteiger partial charge in [-0.25, -0.2) is 9.69 Å². The number of carbonyl (C=O) groups is 3. The second kappa shape index (κ2) is 9.11. The van der Waals surface area contributed by atoms with E-state index >= 15 is 0 Å². The van der Waals surface area contributed by atoms with Gasteiger partial charge in [0.25, 0.3) is 0 Å². The minimum atomic E-state index is -1.23. The summed E-state index contributed by atoms with van der Waals surface area (Å²) in [5.74, 6) is -2.30. The molecule has 0 saturated heterocycles. The Balaban J connectivity index is 2.08. The molecule has 2 amide bonds. The van der Waals surface area contributed by atoms with Crippen LogP contribution in [0.25, 0.3) is 0 Å². The topological polar surface area (TPSA) is 63.7 Å². The molecule has 5 nitrogen and oxygen atoms in total. The lowest BCUT2D eigenvalue weighted by molar-refractivity contribution is -0.138. The molecule has 1 heterocycles. The van der Waals surface area contributed by atoms with Crippen LogP contribution in [0.3, 0.4) is 0 Å². The minimum Gasteiger partial charge on any atom is -0.463 e. The molecule has 2 aromatic carbocycles. The number of benzene rings is 2. The van der Waals surface area contributed by atoms with E-state index in [1.54, 1.807) is 37.3 Å². The quantitative estimate of drug-likeness (QED) is 0.439. The summed E-state index contributed by atoms with van der Waals surface area (Å²) >= 11 is 12.7. The number of hydrogen-bond donors (Lipinski definition) is 0. The SMILES string of the molecule is CCOC(=O)C1=C[C@@H](CC(C)(C)C)[C@]2(C(=O)N(C(C)=O)c3cc(Cl)ccc32)[C@H]1c1cccc(Cl)c1. The monoisotopic (exact) mass is 513 g/mol. The van der Waals surface area contributed by atoms with E-state index in [2.05, 4.69) is 20.8 Å². The Morgan fingerprint density at radius 3 is 2.37 bits per heavy atom. The molecule has 3 atom stereocenters. The van der Waals surface area contributed by atoms with E-state index in [0.717, 1.165) is 0 Å². The van der Waals surface area contributed by atoms with Crippen molar-refractivity contribution in [1.82, 2.24) is 0 Å². The average molecular weight is 514 g/mol. The van der Waals surface area contributed by atoms with Gasteiger partial charge in [0.15, 0.2) is 0 Å². The summed E-state index contributed by atoms with van der Waals surface area (Å²) in [6, 6.07) is 12.4. The summed E-state index contributed by atoms with van der Waals surface area (Å²) in [6.07, 6.45) is 2.49. The lowest BCUT2D eigenvalue weighted by atomic mass is 9.61. The van der Waals surface area contributed by atoms with Crippen LogP contribution >= 0.6 is 23.2 Å². The van der Waals surface area contributed by atoms with Crippen LogP contribution in [0.2, 0.25) is 10.0 Å². The number of imide groups is 1. The van der Waals surface area contributed by atoms with Gasteiger partial charge in [-0.1, -0.05) is 68.2 Å². The standard InChI is InChI=1S/C28H29Cl2NO4/c1-6-35-25(33)21-13-18(15-27(3,4)5)28(24(21)17-8-7-9-19(29)12-17)22-11-10-20(30)14-23(22)31(16(2)32)26(28)34/h7-14,18,24H,6,15H2,1-5H3/t18-,24-,28+/m0/s1. The van der Waals surface area contributed by atoms with Crippen LogP contribution in [0.4, 0.5) is 5.69 Å². The van der Waals surface area contributed by atoms with Crippen molar-refractivity contribution in [3.8, 4) is 0 Å². The van der Waals surface area contributed by atoms with Gasteiger partial charge in [-0.3, -0.25) is 9.59 Å². The zero-order valence-corrected chi connectivity index (χ0v) is 22.0.